The second-order valence-electron chi connectivity index (χ2n) is 10.2. The highest BCUT2D eigenvalue weighted by Crippen LogP contribution is 2.46. The van der Waals surface area contributed by atoms with Crippen LogP contribution in [0.4, 0.5) is 9.59 Å². The minimum Gasteiger partial charge on any atom is -0.449 e. The van der Waals surface area contributed by atoms with E-state index in [9.17, 15) is 14.7 Å². The molecule has 1 fully saturated rings. The molecule has 4 rings (SSSR count). The maximum absolute atomic E-state index is 12.3. The van der Waals surface area contributed by atoms with Crippen molar-refractivity contribution in [3.05, 3.63) is 59.7 Å². The van der Waals surface area contributed by atoms with Gasteiger partial charge < -0.3 is 25.2 Å². The van der Waals surface area contributed by atoms with Gasteiger partial charge in [0.05, 0.1) is 12.1 Å². The Morgan fingerprint density at radius 3 is 2.24 bits per heavy atom. The smallest absolute Gasteiger partial charge is 0.408 e. The van der Waals surface area contributed by atoms with E-state index in [0.717, 1.165) is 12.8 Å². The molecule has 1 saturated carbocycles. The topological polar surface area (TPSA) is 96.9 Å². The second kappa shape index (κ2) is 9.66. The third-order valence-corrected chi connectivity index (χ3v) is 6.61. The van der Waals surface area contributed by atoms with E-state index in [0.29, 0.717) is 13.0 Å². The lowest BCUT2D eigenvalue weighted by molar-refractivity contribution is 0.0461. The zero-order valence-corrected chi connectivity index (χ0v) is 20.1. The van der Waals surface area contributed by atoms with E-state index >= 15 is 0 Å². The van der Waals surface area contributed by atoms with E-state index in [1.807, 2.05) is 24.3 Å². The molecule has 0 heterocycles. The molecule has 0 spiro atoms. The summed E-state index contributed by atoms with van der Waals surface area (Å²) in [5, 5.41) is 15.4. The van der Waals surface area contributed by atoms with Gasteiger partial charge in [-0.15, -0.1) is 0 Å². The average Bonchev–Trinajstić information content (AvgIpc) is 3.38. The molecule has 0 aliphatic heterocycles. The summed E-state index contributed by atoms with van der Waals surface area (Å²) < 4.78 is 10.9. The summed E-state index contributed by atoms with van der Waals surface area (Å²) in [5.41, 5.74) is 3.56. The second-order valence-corrected chi connectivity index (χ2v) is 10.2. The lowest BCUT2D eigenvalue weighted by atomic mass is 9.98. The van der Waals surface area contributed by atoms with Crippen molar-refractivity contribution >= 4 is 12.2 Å². The number of amides is 2. The Kier molecular flexibility index (Phi) is 6.84. The zero-order valence-electron chi connectivity index (χ0n) is 20.1. The monoisotopic (exact) mass is 466 g/mol. The van der Waals surface area contributed by atoms with Crippen LogP contribution in [-0.2, 0) is 9.47 Å². The minimum absolute atomic E-state index is 0.0358. The molecule has 2 atom stereocenters. The fraction of sp³-hybridized carbons (Fsp3) is 0.481. The van der Waals surface area contributed by atoms with Crippen molar-refractivity contribution < 1.29 is 24.2 Å². The molecule has 3 N–H and O–H groups in total. The number of rotatable bonds is 8. The SMILES string of the molecule is CC(C)(C)OC(=O)N[C@@]1(CO)C[C@@H]1CCCNC(=O)OCC1c2ccccc2-c2ccccc21. The van der Waals surface area contributed by atoms with Crippen LogP contribution in [0.2, 0.25) is 0 Å². The normalized spacial score (nSPS) is 20.8. The van der Waals surface area contributed by atoms with Crippen LogP contribution in [0.3, 0.4) is 0 Å². The average molecular weight is 467 g/mol. The number of fused-ring (bicyclic) bond motifs is 3. The Bertz CT molecular complexity index is 1000. The number of hydrogen-bond donors (Lipinski definition) is 3. The first-order valence-electron chi connectivity index (χ1n) is 11.9. The first kappa shape index (κ1) is 24.1. The Balaban J connectivity index is 1.19. The number of nitrogens with one attached hydrogen (secondary N) is 2. The number of carbonyl (C=O) groups is 2. The molecule has 2 aromatic carbocycles. The van der Waals surface area contributed by atoms with Gasteiger partial charge in [0.25, 0.3) is 0 Å². The summed E-state index contributed by atoms with van der Waals surface area (Å²) in [6.07, 6.45) is 1.26. The van der Waals surface area contributed by atoms with Crippen LogP contribution < -0.4 is 10.6 Å². The summed E-state index contributed by atoms with van der Waals surface area (Å²) in [4.78, 5) is 24.4. The number of alkyl carbamates (subject to hydrolysis) is 2. The third kappa shape index (κ3) is 5.36. The number of hydrogen-bond acceptors (Lipinski definition) is 5. The van der Waals surface area contributed by atoms with Gasteiger partial charge >= 0.3 is 12.2 Å². The predicted octanol–water partition coefficient (Wildman–Crippen LogP) is 4.58. The van der Waals surface area contributed by atoms with Crippen LogP contribution in [0.25, 0.3) is 11.1 Å². The van der Waals surface area contributed by atoms with E-state index in [4.69, 9.17) is 9.47 Å². The van der Waals surface area contributed by atoms with E-state index < -0.39 is 23.3 Å². The molecule has 0 saturated heterocycles. The molecule has 0 radical (unpaired) electrons. The summed E-state index contributed by atoms with van der Waals surface area (Å²) in [5.74, 6) is 0.197. The fourth-order valence-electron chi connectivity index (χ4n) is 4.84. The van der Waals surface area contributed by atoms with Gasteiger partial charge in [-0.25, -0.2) is 9.59 Å². The van der Waals surface area contributed by atoms with Gasteiger partial charge in [0.1, 0.15) is 12.2 Å². The standard InChI is InChI=1S/C27H34N2O5/c1-26(2,3)34-25(32)29-27(17-30)15-18(27)9-8-14-28-24(31)33-16-23-21-12-6-4-10-19(21)20-11-5-7-13-22(20)23/h4-7,10-13,18,23,30H,8-9,14-17H2,1-3H3,(H,28,31)(H,29,32)/t18-,27+/m0/s1. The molecule has 0 bridgehead atoms. The van der Waals surface area contributed by atoms with Crippen molar-refractivity contribution in [2.24, 2.45) is 5.92 Å². The van der Waals surface area contributed by atoms with Crippen LogP contribution in [-0.4, -0.2) is 48.2 Å². The quantitative estimate of drug-likeness (QED) is 0.495. The lowest BCUT2D eigenvalue weighted by Gasteiger charge is -2.23. The summed E-state index contributed by atoms with van der Waals surface area (Å²) in [6.45, 7) is 6.04. The molecule has 7 nitrogen and oxygen atoms in total. The van der Waals surface area contributed by atoms with Crippen molar-refractivity contribution in [2.45, 2.75) is 57.1 Å². The van der Waals surface area contributed by atoms with Crippen LogP contribution in [0, 0.1) is 5.92 Å². The third-order valence-electron chi connectivity index (χ3n) is 6.61. The fourth-order valence-corrected chi connectivity index (χ4v) is 4.84. The van der Waals surface area contributed by atoms with Crippen molar-refractivity contribution in [3.8, 4) is 11.1 Å². The van der Waals surface area contributed by atoms with Gasteiger partial charge in [0, 0.05) is 12.5 Å². The van der Waals surface area contributed by atoms with Crippen LogP contribution in [0.5, 0.6) is 0 Å². The van der Waals surface area contributed by atoms with Gasteiger partial charge in [0.2, 0.25) is 0 Å². The minimum atomic E-state index is -0.619. The van der Waals surface area contributed by atoms with E-state index in [1.54, 1.807) is 20.8 Å². The van der Waals surface area contributed by atoms with E-state index in [2.05, 4.69) is 34.9 Å². The number of ether oxygens (including phenoxy) is 2. The van der Waals surface area contributed by atoms with Gasteiger partial charge in [0.15, 0.2) is 0 Å². The molecule has 34 heavy (non-hydrogen) atoms. The molecule has 2 aliphatic rings. The Morgan fingerprint density at radius 1 is 1.03 bits per heavy atom. The van der Waals surface area contributed by atoms with Crippen molar-refractivity contribution in [1.82, 2.24) is 10.6 Å². The van der Waals surface area contributed by atoms with Gasteiger partial charge in [-0.3, -0.25) is 0 Å². The molecular formula is C27H34N2O5. The largest absolute Gasteiger partial charge is 0.449 e. The van der Waals surface area contributed by atoms with Crippen molar-refractivity contribution in [2.75, 3.05) is 19.8 Å². The summed E-state index contributed by atoms with van der Waals surface area (Å²) in [6, 6.07) is 16.5. The van der Waals surface area contributed by atoms with E-state index in [-0.39, 0.29) is 25.0 Å². The molecule has 0 unspecified atom stereocenters. The van der Waals surface area contributed by atoms with Crippen LogP contribution >= 0.6 is 0 Å². The van der Waals surface area contributed by atoms with E-state index in [1.165, 1.54) is 22.3 Å². The highest BCUT2D eigenvalue weighted by atomic mass is 16.6. The van der Waals surface area contributed by atoms with Gasteiger partial charge in [-0.05, 0) is 68.2 Å². The van der Waals surface area contributed by atoms with Gasteiger partial charge in [-0.1, -0.05) is 48.5 Å². The molecule has 2 aromatic rings. The first-order valence-corrected chi connectivity index (χ1v) is 11.9. The number of aliphatic hydroxyl groups excluding tert-OH is 1. The lowest BCUT2D eigenvalue weighted by Crippen LogP contribution is -2.44. The van der Waals surface area contributed by atoms with Crippen molar-refractivity contribution in [1.29, 1.82) is 0 Å². The Labute approximate surface area is 200 Å². The predicted molar refractivity (Wildman–Crippen MR) is 130 cm³/mol. The number of aliphatic hydroxyl groups is 1. The van der Waals surface area contributed by atoms with Crippen LogP contribution in [0.1, 0.15) is 57.1 Å². The summed E-state index contributed by atoms with van der Waals surface area (Å²) in [7, 11) is 0. The highest BCUT2D eigenvalue weighted by Gasteiger charge is 2.54. The zero-order chi connectivity index (χ0) is 24.3. The maximum Gasteiger partial charge on any atom is 0.408 e. The highest BCUT2D eigenvalue weighted by molar-refractivity contribution is 5.79. The first-order chi connectivity index (χ1) is 16.2. The Hall–Kier alpha value is -3.06. The molecule has 7 heteroatoms. The molecular weight excluding hydrogens is 432 g/mol. The number of benzene rings is 2. The van der Waals surface area contributed by atoms with Gasteiger partial charge in [-0.2, -0.15) is 0 Å². The Morgan fingerprint density at radius 2 is 1.65 bits per heavy atom. The number of carbonyl (C=O) groups excluding carboxylic acids is 2. The van der Waals surface area contributed by atoms with Crippen molar-refractivity contribution in [3.63, 3.8) is 0 Å². The molecule has 2 aliphatic carbocycles. The maximum atomic E-state index is 12.3. The van der Waals surface area contributed by atoms with Crippen LogP contribution in [0.15, 0.2) is 48.5 Å². The molecule has 182 valence electrons. The molecule has 2 amide bonds. The molecule has 0 aromatic heterocycles. The summed E-state index contributed by atoms with van der Waals surface area (Å²) >= 11 is 0.